The number of nitrogens with zero attached hydrogens (tertiary/aromatic N) is 4. The van der Waals surface area contributed by atoms with Crippen LogP contribution in [0.2, 0.25) is 0 Å². The van der Waals surface area contributed by atoms with Crippen LogP contribution in [0.5, 0.6) is 0 Å². The Bertz CT molecular complexity index is 1300. The molecule has 0 bridgehead atoms. The molecule has 9 heteroatoms. The molecule has 2 fully saturated rings. The monoisotopic (exact) mass is 458 g/mol. The van der Waals surface area contributed by atoms with Gasteiger partial charge in [0.2, 0.25) is 12.3 Å². The van der Waals surface area contributed by atoms with E-state index in [0.29, 0.717) is 17.8 Å². The van der Waals surface area contributed by atoms with Gasteiger partial charge in [-0.3, -0.25) is 19.7 Å². The van der Waals surface area contributed by atoms with Crippen molar-refractivity contribution in [3.05, 3.63) is 54.0 Å². The molecule has 3 aromatic rings. The van der Waals surface area contributed by atoms with Gasteiger partial charge in [-0.15, -0.1) is 0 Å². The first-order valence-electron chi connectivity index (χ1n) is 11.4. The van der Waals surface area contributed by atoms with Crippen molar-refractivity contribution < 1.29 is 14.4 Å². The lowest BCUT2D eigenvalue weighted by atomic mass is 9.98. The van der Waals surface area contributed by atoms with Crippen LogP contribution in [0.25, 0.3) is 22.2 Å². The quantitative estimate of drug-likeness (QED) is 0.432. The number of carbonyl (C=O) groups excluding carboxylic acids is 3. The number of amides is 3. The number of nitrogens with two attached hydrogens (primary N) is 1. The standard InChI is InChI=1S/C25H26N6O3/c1-30-22(18-12-17(18)8-9-19(33)29-14-32)20(21-23(26)27-13-28-24(21)30)15-4-6-16(7-5-15)25(34)31-10-2-3-11-31/h4-9,13-14,17-18H,2-3,10-12H2,1H3,(H2,26,27,28)(H,29,32,33)/t17-,18-/m1/s1. The number of anilines is 1. The third-order valence-corrected chi connectivity index (χ3v) is 6.74. The maximum absolute atomic E-state index is 12.8. The first-order chi connectivity index (χ1) is 16.5. The van der Waals surface area contributed by atoms with Gasteiger partial charge >= 0.3 is 0 Å². The van der Waals surface area contributed by atoms with E-state index in [0.717, 1.165) is 60.2 Å². The van der Waals surface area contributed by atoms with Crippen LogP contribution in [0.4, 0.5) is 5.82 Å². The van der Waals surface area contributed by atoms with Crippen LogP contribution in [0.3, 0.4) is 0 Å². The molecule has 3 heterocycles. The fourth-order valence-electron chi connectivity index (χ4n) is 4.96. The van der Waals surface area contributed by atoms with Crippen LogP contribution < -0.4 is 11.1 Å². The van der Waals surface area contributed by atoms with Gasteiger partial charge in [-0.25, -0.2) is 9.97 Å². The summed E-state index contributed by atoms with van der Waals surface area (Å²) in [6.45, 7) is 1.62. The molecule has 0 radical (unpaired) electrons. The second kappa shape index (κ2) is 8.74. The summed E-state index contributed by atoms with van der Waals surface area (Å²) in [7, 11) is 1.96. The van der Waals surface area contributed by atoms with E-state index in [4.69, 9.17) is 5.73 Å². The van der Waals surface area contributed by atoms with E-state index in [-0.39, 0.29) is 17.7 Å². The Kier molecular flexibility index (Phi) is 5.61. The Morgan fingerprint density at radius 3 is 2.59 bits per heavy atom. The van der Waals surface area contributed by atoms with Crippen LogP contribution in [0.15, 0.2) is 42.7 Å². The van der Waals surface area contributed by atoms with E-state index in [1.165, 1.54) is 12.4 Å². The highest BCUT2D eigenvalue weighted by Crippen LogP contribution is 2.53. The van der Waals surface area contributed by atoms with Crippen molar-refractivity contribution in [1.29, 1.82) is 0 Å². The number of hydrogen-bond donors (Lipinski definition) is 2. The van der Waals surface area contributed by atoms with Gasteiger partial charge in [-0.2, -0.15) is 0 Å². The van der Waals surface area contributed by atoms with Crippen LogP contribution >= 0.6 is 0 Å². The summed E-state index contributed by atoms with van der Waals surface area (Å²) >= 11 is 0. The van der Waals surface area contributed by atoms with Crippen LogP contribution in [0.1, 0.15) is 41.2 Å². The number of allylic oxidation sites excluding steroid dienone is 1. The second-order valence-electron chi connectivity index (χ2n) is 8.85. The van der Waals surface area contributed by atoms with E-state index in [1.807, 2.05) is 46.9 Å². The number of nitrogens with one attached hydrogen (secondary N) is 1. The predicted octanol–water partition coefficient (Wildman–Crippen LogP) is 2.39. The molecule has 3 amide bonds. The van der Waals surface area contributed by atoms with Gasteiger partial charge in [0.05, 0.1) is 5.39 Å². The number of carbonyl (C=O) groups is 3. The Morgan fingerprint density at radius 1 is 1.15 bits per heavy atom. The molecule has 1 aliphatic carbocycles. The van der Waals surface area contributed by atoms with Gasteiger partial charge in [0.1, 0.15) is 17.8 Å². The van der Waals surface area contributed by atoms with Gasteiger partial charge in [0, 0.05) is 42.9 Å². The predicted molar refractivity (Wildman–Crippen MR) is 128 cm³/mol. The average molecular weight is 459 g/mol. The fourth-order valence-corrected chi connectivity index (χ4v) is 4.96. The fraction of sp³-hybridized carbons (Fsp3) is 0.320. The number of rotatable bonds is 6. The highest BCUT2D eigenvalue weighted by molar-refractivity contribution is 6.03. The smallest absolute Gasteiger partial charge is 0.253 e. The van der Waals surface area contributed by atoms with Crippen molar-refractivity contribution in [1.82, 2.24) is 24.8 Å². The molecule has 9 nitrogen and oxygen atoms in total. The lowest BCUT2D eigenvalue weighted by molar-refractivity contribution is -0.121. The van der Waals surface area contributed by atoms with Crippen molar-refractivity contribution in [2.75, 3.05) is 18.8 Å². The minimum absolute atomic E-state index is 0.0611. The average Bonchev–Trinajstić information content (AvgIpc) is 3.24. The summed E-state index contributed by atoms with van der Waals surface area (Å²) < 4.78 is 2.04. The Labute approximate surface area is 196 Å². The normalized spacial score (nSPS) is 19.6. The lowest BCUT2D eigenvalue weighted by Gasteiger charge is -2.15. The maximum Gasteiger partial charge on any atom is 0.253 e. The number of imide groups is 1. The summed E-state index contributed by atoms with van der Waals surface area (Å²) in [4.78, 5) is 45.5. The minimum atomic E-state index is -0.439. The van der Waals surface area contributed by atoms with Gasteiger partial charge in [0.15, 0.2) is 0 Å². The van der Waals surface area contributed by atoms with Gasteiger partial charge in [0.25, 0.3) is 5.91 Å². The SMILES string of the molecule is Cn1c([C@@H]2C[C@H]2C=CC(=O)NC=O)c(-c2ccc(C(=O)N3CCCC3)cc2)c2c(N)ncnc21. The van der Waals surface area contributed by atoms with E-state index in [2.05, 4.69) is 15.3 Å². The molecule has 2 aromatic heterocycles. The van der Waals surface area contributed by atoms with E-state index >= 15 is 0 Å². The number of likely N-dealkylation sites (tertiary alicyclic amines) is 1. The molecule has 2 aliphatic rings. The van der Waals surface area contributed by atoms with Crippen LogP contribution in [-0.4, -0.2) is 50.7 Å². The lowest BCUT2D eigenvalue weighted by Crippen LogP contribution is -2.27. The molecular weight excluding hydrogens is 432 g/mol. The van der Waals surface area contributed by atoms with Crippen molar-refractivity contribution in [3.63, 3.8) is 0 Å². The summed E-state index contributed by atoms with van der Waals surface area (Å²) in [6, 6.07) is 7.65. The molecule has 5 rings (SSSR count). The molecular formula is C25H26N6O3. The summed E-state index contributed by atoms with van der Waals surface area (Å²) in [6.07, 6.45) is 8.02. The summed E-state index contributed by atoms with van der Waals surface area (Å²) in [5, 5.41) is 2.90. The molecule has 2 atom stereocenters. The first kappa shape index (κ1) is 21.8. The Hall–Kier alpha value is -4.01. The van der Waals surface area contributed by atoms with Crippen molar-refractivity contribution in [2.24, 2.45) is 13.0 Å². The third kappa shape index (κ3) is 3.83. The van der Waals surface area contributed by atoms with E-state index < -0.39 is 5.91 Å². The zero-order chi connectivity index (χ0) is 23.8. The zero-order valence-corrected chi connectivity index (χ0v) is 18.9. The molecule has 3 N–H and O–H groups in total. The topological polar surface area (TPSA) is 123 Å². The number of benzene rings is 1. The van der Waals surface area contributed by atoms with Gasteiger partial charge in [-0.1, -0.05) is 18.2 Å². The molecule has 34 heavy (non-hydrogen) atoms. The molecule has 1 aliphatic heterocycles. The third-order valence-electron chi connectivity index (χ3n) is 6.74. The Morgan fingerprint density at radius 2 is 1.88 bits per heavy atom. The molecule has 1 saturated carbocycles. The van der Waals surface area contributed by atoms with Crippen molar-refractivity contribution in [2.45, 2.75) is 25.2 Å². The molecule has 0 unspecified atom stereocenters. The maximum atomic E-state index is 12.8. The summed E-state index contributed by atoms with van der Waals surface area (Å²) in [5.41, 5.74) is 10.7. The number of fused-ring (bicyclic) bond motifs is 1. The van der Waals surface area contributed by atoms with Crippen molar-refractivity contribution >= 4 is 35.1 Å². The van der Waals surface area contributed by atoms with E-state index in [9.17, 15) is 14.4 Å². The second-order valence-corrected chi connectivity index (χ2v) is 8.85. The van der Waals surface area contributed by atoms with E-state index in [1.54, 1.807) is 0 Å². The van der Waals surface area contributed by atoms with Crippen LogP contribution in [-0.2, 0) is 16.6 Å². The molecule has 0 spiro atoms. The number of aromatic nitrogens is 3. The highest BCUT2D eigenvalue weighted by atomic mass is 16.2. The van der Waals surface area contributed by atoms with Gasteiger partial charge in [-0.05, 0) is 49.0 Å². The summed E-state index contributed by atoms with van der Waals surface area (Å²) in [5.74, 6) is 0.346. The van der Waals surface area contributed by atoms with Crippen LogP contribution in [0, 0.1) is 5.92 Å². The highest BCUT2D eigenvalue weighted by Gasteiger charge is 2.41. The zero-order valence-electron chi connectivity index (χ0n) is 18.9. The van der Waals surface area contributed by atoms with Crippen molar-refractivity contribution in [3.8, 4) is 11.1 Å². The molecule has 1 aromatic carbocycles. The minimum Gasteiger partial charge on any atom is -0.383 e. The number of hydrogen-bond acceptors (Lipinski definition) is 6. The largest absolute Gasteiger partial charge is 0.383 e. The number of aryl methyl sites for hydroxylation is 1. The first-order valence-corrected chi connectivity index (χ1v) is 11.4. The number of nitrogen functional groups attached to an aromatic ring is 1. The molecule has 174 valence electrons. The Balaban J connectivity index is 1.52. The molecule has 1 saturated heterocycles. The van der Waals surface area contributed by atoms with Gasteiger partial charge < -0.3 is 15.2 Å².